The molecule has 0 aliphatic rings. The van der Waals surface area contributed by atoms with E-state index in [9.17, 15) is 4.79 Å². The molecule has 1 amide bonds. The van der Waals surface area contributed by atoms with Crippen molar-refractivity contribution in [1.82, 2.24) is 15.1 Å². The van der Waals surface area contributed by atoms with Crippen molar-refractivity contribution in [2.24, 2.45) is 5.92 Å². The van der Waals surface area contributed by atoms with Crippen LogP contribution in [0.15, 0.2) is 15.7 Å². The van der Waals surface area contributed by atoms with Gasteiger partial charge in [0.05, 0.1) is 10.9 Å². The summed E-state index contributed by atoms with van der Waals surface area (Å²) in [5.74, 6) is 1.57. The van der Waals surface area contributed by atoms with E-state index in [4.69, 9.17) is 4.52 Å². The number of thioether (sulfide) groups is 1. The SMILES string of the molecule is CC[C@H](Sc1nc(CC(C)C)c(C)[nH]1)C(=O)Nc1cc(C)on1. The zero-order valence-electron chi connectivity index (χ0n) is 14.3. The van der Waals surface area contributed by atoms with Crippen molar-refractivity contribution in [3.63, 3.8) is 0 Å². The number of amides is 1. The van der Waals surface area contributed by atoms with Gasteiger partial charge in [0, 0.05) is 11.8 Å². The lowest BCUT2D eigenvalue weighted by Crippen LogP contribution is -2.24. The summed E-state index contributed by atoms with van der Waals surface area (Å²) in [6.07, 6.45) is 1.64. The minimum absolute atomic E-state index is 0.0923. The van der Waals surface area contributed by atoms with Crippen LogP contribution in [0.1, 0.15) is 44.3 Å². The van der Waals surface area contributed by atoms with Crippen LogP contribution in [0.25, 0.3) is 0 Å². The molecular weight excluding hydrogens is 312 g/mol. The van der Waals surface area contributed by atoms with Crippen LogP contribution in [0.3, 0.4) is 0 Å². The Morgan fingerprint density at radius 1 is 1.43 bits per heavy atom. The van der Waals surface area contributed by atoms with Gasteiger partial charge in [-0.15, -0.1) is 0 Å². The number of rotatable bonds is 7. The maximum Gasteiger partial charge on any atom is 0.239 e. The Morgan fingerprint density at radius 3 is 2.74 bits per heavy atom. The zero-order chi connectivity index (χ0) is 17.0. The fourth-order valence-electron chi connectivity index (χ4n) is 2.20. The monoisotopic (exact) mass is 336 g/mol. The predicted molar refractivity (Wildman–Crippen MR) is 91.7 cm³/mol. The number of carbonyl (C=O) groups is 1. The van der Waals surface area contributed by atoms with Crippen LogP contribution >= 0.6 is 11.8 Å². The third-order valence-electron chi connectivity index (χ3n) is 3.36. The van der Waals surface area contributed by atoms with E-state index in [2.05, 4.69) is 34.3 Å². The van der Waals surface area contributed by atoms with E-state index in [1.807, 2.05) is 13.8 Å². The summed E-state index contributed by atoms with van der Waals surface area (Å²) in [6, 6.07) is 1.70. The highest BCUT2D eigenvalue weighted by Crippen LogP contribution is 2.26. The van der Waals surface area contributed by atoms with Gasteiger partial charge in [0.2, 0.25) is 5.91 Å². The maximum absolute atomic E-state index is 12.4. The number of aromatic nitrogens is 3. The molecule has 0 aromatic carbocycles. The number of hydrogen-bond donors (Lipinski definition) is 2. The van der Waals surface area contributed by atoms with Crippen LogP contribution in [0.5, 0.6) is 0 Å². The van der Waals surface area contributed by atoms with Crippen LogP contribution in [-0.2, 0) is 11.2 Å². The van der Waals surface area contributed by atoms with Gasteiger partial charge in [0.15, 0.2) is 11.0 Å². The molecule has 0 radical (unpaired) electrons. The molecular formula is C16H24N4O2S. The molecule has 0 saturated carbocycles. The smallest absolute Gasteiger partial charge is 0.239 e. The van der Waals surface area contributed by atoms with Gasteiger partial charge in [-0.25, -0.2) is 4.98 Å². The van der Waals surface area contributed by atoms with Crippen LogP contribution in [0.2, 0.25) is 0 Å². The Balaban J connectivity index is 2.02. The van der Waals surface area contributed by atoms with Gasteiger partial charge in [-0.1, -0.05) is 37.7 Å². The summed E-state index contributed by atoms with van der Waals surface area (Å²) in [7, 11) is 0. The number of aromatic amines is 1. The molecule has 0 aliphatic carbocycles. The molecule has 0 fully saturated rings. The van der Waals surface area contributed by atoms with Gasteiger partial charge in [0.25, 0.3) is 0 Å². The molecule has 126 valence electrons. The van der Waals surface area contributed by atoms with Crippen LogP contribution < -0.4 is 5.32 Å². The standard InChI is InChI=1S/C16H24N4O2S/c1-6-13(15(21)19-14-8-10(4)22-20-14)23-16-17-11(5)12(18-16)7-9(2)3/h8-9,13H,6-7H2,1-5H3,(H,17,18)(H,19,20,21)/t13-/m0/s1. The Bertz CT molecular complexity index is 663. The summed E-state index contributed by atoms with van der Waals surface area (Å²) in [6.45, 7) is 10.1. The molecule has 23 heavy (non-hydrogen) atoms. The normalized spacial score (nSPS) is 12.6. The van der Waals surface area contributed by atoms with Gasteiger partial charge in [-0.3, -0.25) is 4.79 Å². The minimum atomic E-state index is -0.232. The fraction of sp³-hybridized carbons (Fsp3) is 0.562. The van der Waals surface area contributed by atoms with Gasteiger partial charge in [-0.2, -0.15) is 0 Å². The lowest BCUT2D eigenvalue weighted by Gasteiger charge is -2.11. The lowest BCUT2D eigenvalue weighted by atomic mass is 10.1. The van der Waals surface area contributed by atoms with Gasteiger partial charge in [0.1, 0.15) is 5.76 Å². The fourth-order valence-corrected chi connectivity index (χ4v) is 3.17. The summed E-state index contributed by atoms with van der Waals surface area (Å²) in [5, 5.41) is 7.13. The highest BCUT2D eigenvalue weighted by atomic mass is 32.2. The van der Waals surface area contributed by atoms with Crippen LogP contribution in [-0.4, -0.2) is 26.3 Å². The Kier molecular flexibility index (Phi) is 5.87. The van der Waals surface area contributed by atoms with Crippen LogP contribution in [0.4, 0.5) is 5.82 Å². The summed E-state index contributed by atoms with van der Waals surface area (Å²) in [5.41, 5.74) is 2.15. The zero-order valence-corrected chi connectivity index (χ0v) is 15.1. The number of anilines is 1. The van der Waals surface area contributed by atoms with E-state index in [0.29, 0.717) is 23.9 Å². The minimum Gasteiger partial charge on any atom is -0.360 e. The number of carbonyl (C=O) groups excluding carboxylic acids is 1. The molecule has 0 aliphatic heterocycles. The molecule has 1 atom stereocenters. The largest absolute Gasteiger partial charge is 0.360 e. The van der Waals surface area contributed by atoms with Crippen molar-refractivity contribution in [1.29, 1.82) is 0 Å². The molecule has 6 nitrogen and oxygen atoms in total. The Labute approximate surface area is 140 Å². The van der Waals surface area contributed by atoms with Crippen molar-refractivity contribution in [2.75, 3.05) is 5.32 Å². The van der Waals surface area contributed by atoms with Crippen LogP contribution in [0, 0.1) is 19.8 Å². The second-order valence-corrected chi connectivity index (χ2v) is 7.23. The second kappa shape index (κ2) is 7.68. The summed E-state index contributed by atoms with van der Waals surface area (Å²) >= 11 is 1.45. The number of hydrogen-bond acceptors (Lipinski definition) is 5. The number of imidazole rings is 1. The van der Waals surface area contributed by atoms with Gasteiger partial charge >= 0.3 is 0 Å². The molecule has 2 heterocycles. The molecule has 0 saturated heterocycles. The molecule has 0 spiro atoms. The third-order valence-corrected chi connectivity index (χ3v) is 4.61. The highest BCUT2D eigenvalue weighted by Gasteiger charge is 2.21. The molecule has 0 bridgehead atoms. The first-order valence-corrected chi connectivity index (χ1v) is 8.73. The lowest BCUT2D eigenvalue weighted by molar-refractivity contribution is -0.115. The van der Waals surface area contributed by atoms with Crippen molar-refractivity contribution in [3.8, 4) is 0 Å². The number of aryl methyl sites for hydroxylation is 2. The van der Waals surface area contributed by atoms with Crippen molar-refractivity contribution in [3.05, 3.63) is 23.2 Å². The maximum atomic E-state index is 12.4. The van der Waals surface area contributed by atoms with E-state index in [0.717, 1.165) is 23.0 Å². The third kappa shape index (κ3) is 4.86. The van der Waals surface area contributed by atoms with E-state index in [1.165, 1.54) is 11.8 Å². The topological polar surface area (TPSA) is 83.8 Å². The van der Waals surface area contributed by atoms with Gasteiger partial charge < -0.3 is 14.8 Å². The van der Waals surface area contributed by atoms with E-state index in [1.54, 1.807) is 13.0 Å². The second-order valence-electron chi connectivity index (χ2n) is 6.04. The van der Waals surface area contributed by atoms with Crippen molar-refractivity contribution < 1.29 is 9.32 Å². The molecule has 0 unspecified atom stereocenters. The van der Waals surface area contributed by atoms with E-state index >= 15 is 0 Å². The molecule has 2 N–H and O–H groups in total. The van der Waals surface area contributed by atoms with E-state index in [-0.39, 0.29) is 11.2 Å². The first-order valence-electron chi connectivity index (χ1n) is 7.85. The molecule has 2 aromatic heterocycles. The Morgan fingerprint density at radius 2 is 2.17 bits per heavy atom. The average molecular weight is 336 g/mol. The summed E-state index contributed by atoms with van der Waals surface area (Å²) < 4.78 is 4.96. The predicted octanol–water partition coefficient (Wildman–Crippen LogP) is 3.72. The first-order chi connectivity index (χ1) is 10.9. The molecule has 7 heteroatoms. The van der Waals surface area contributed by atoms with Crippen molar-refractivity contribution in [2.45, 2.75) is 57.9 Å². The first kappa shape index (κ1) is 17.6. The Hall–Kier alpha value is -1.76. The quantitative estimate of drug-likeness (QED) is 0.753. The van der Waals surface area contributed by atoms with E-state index < -0.39 is 0 Å². The highest BCUT2D eigenvalue weighted by molar-refractivity contribution is 8.00. The number of nitrogens with zero attached hydrogens (tertiary/aromatic N) is 2. The average Bonchev–Trinajstić information content (AvgIpc) is 3.02. The summed E-state index contributed by atoms with van der Waals surface area (Å²) in [4.78, 5) is 20.3. The molecule has 2 rings (SSSR count). The number of H-pyrrole nitrogens is 1. The number of nitrogens with one attached hydrogen (secondary N) is 2. The van der Waals surface area contributed by atoms with Gasteiger partial charge in [-0.05, 0) is 32.6 Å². The van der Waals surface area contributed by atoms with Crippen molar-refractivity contribution >= 4 is 23.5 Å². The molecule has 2 aromatic rings.